The molecule has 0 atom stereocenters. The third kappa shape index (κ3) is 2.74. The highest BCUT2D eigenvalue weighted by Crippen LogP contribution is 2.34. The summed E-state index contributed by atoms with van der Waals surface area (Å²) in [5.74, 6) is -1.52. The minimum absolute atomic E-state index is 0.0692. The number of halogens is 3. The molecule has 0 saturated carbocycles. The van der Waals surface area contributed by atoms with E-state index in [4.69, 9.17) is 17.3 Å². The standard InChI is InChI=1S/C16H11ClF2N4O/c1-7-9(15(20)24)3-4-10(19)12(7)13-14(17)23-16(22-13)11-5-2-8(18)6-21-11/h2-6H,1H3,(H2,20,24)(H,22,23). The van der Waals surface area contributed by atoms with Crippen LogP contribution < -0.4 is 5.73 Å². The van der Waals surface area contributed by atoms with Crippen LogP contribution in [0.5, 0.6) is 0 Å². The Hall–Kier alpha value is -2.80. The smallest absolute Gasteiger partial charge is 0.248 e. The summed E-state index contributed by atoms with van der Waals surface area (Å²) < 4.78 is 27.3. The molecule has 2 aromatic heterocycles. The number of primary amides is 1. The Balaban J connectivity index is 2.16. The van der Waals surface area contributed by atoms with Crippen molar-refractivity contribution in [3.8, 4) is 22.8 Å². The number of carbonyl (C=O) groups excluding carboxylic acids is 1. The Morgan fingerprint density at radius 2 is 2.00 bits per heavy atom. The lowest BCUT2D eigenvalue weighted by Crippen LogP contribution is -2.13. The maximum absolute atomic E-state index is 14.3. The van der Waals surface area contributed by atoms with Crippen LogP contribution in [0, 0.1) is 18.6 Å². The zero-order chi connectivity index (χ0) is 17.4. The summed E-state index contributed by atoms with van der Waals surface area (Å²) in [6, 6.07) is 5.07. The lowest BCUT2D eigenvalue weighted by Gasteiger charge is -2.09. The molecule has 0 spiro atoms. The number of hydrogen-bond donors (Lipinski definition) is 2. The molecular formula is C16H11ClF2N4O. The molecule has 0 aliphatic carbocycles. The second-order valence-corrected chi connectivity index (χ2v) is 5.45. The predicted octanol–water partition coefficient (Wildman–Crippen LogP) is 3.48. The Labute approximate surface area is 140 Å². The number of amides is 1. The first-order valence-electron chi connectivity index (χ1n) is 6.85. The van der Waals surface area contributed by atoms with Gasteiger partial charge in [0.05, 0.1) is 6.20 Å². The van der Waals surface area contributed by atoms with E-state index in [0.717, 1.165) is 12.3 Å². The molecule has 3 aromatic rings. The monoisotopic (exact) mass is 348 g/mol. The van der Waals surface area contributed by atoms with E-state index in [1.165, 1.54) is 18.2 Å². The van der Waals surface area contributed by atoms with Crippen molar-refractivity contribution in [1.82, 2.24) is 15.0 Å². The van der Waals surface area contributed by atoms with Crippen LogP contribution in [0.2, 0.25) is 5.15 Å². The average molecular weight is 349 g/mol. The molecule has 24 heavy (non-hydrogen) atoms. The molecule has 3 N–H and O–H groups in total. The summed E-state index contributed by atoms with van der Waals surface area (Å²) in [7, 11) is 0. The number of nitrogens with zero attached hydrogens (tertiary/aromatic N) is 2. The van der Waals surface area contributed by atoms with Crippen molar-refractivity contribution >= 4 is 17.5 Å². The van der Waals surface area contributed by atoms with Crippen molar-refractivity contribution < 1.29 is 13.6 Å². The van der Waals surface area contributed by atoms with Crippen LogP contribution in [-0.4, -0.2) is 20.9 Å². The first-order chi connectivity index (χ1) is 11.4. The van der Waals surface area contributed by atoms with Gasteiger partial charge in [0.25, 0.3) is 0 Å². The van der Waals surface area contributed by atoms with E-state index in [0.29, 0.717) is 11.3 Å². The van der Waals surface area contributed by atoms with Gasteiger partial charge in [-0.05, 0) is 36.8 Å². The summed E-state index contributed by atoms with van der Waals surface area (Å²) >= 11 is 6.13. The van der Waals surface area contributed by atoms with Crippen LogP contribution in [0.3, 0.4) is 0 Å². The van der Waals surface area contributed by atoms with Crippen molar-refractivity contribution in [1.29, 1.82) is 0 Å². The van der Waals surface area contributed by atoms with E-state index in [9.17, 15) is 13.6 Å². The zero-order valence-corrected chi connectivity index (χ0v) is 13.2. The number of H-pyrrole nitrogens is 1. The van der Waals surface area contributed by atoms with Gasteiger partial charge in [-0.25, -0.2) is 18.7 Å². The Morgan fingerprint density at radius 1 is 1.25 bits per heavy atom. The first kappa shape index (κ1) is 16.1. The summed E-state index contributed by atoms with van der Waals surface area (Å²) in [4.78, 5) is 22.4. The van der Waals surface area contributed by atoms with Gasteiger partial charge in [0.1, 0.15) is 28.2 Å². The molecular weight excluding hydrogens is 338 g/mol. The van der Waals surface area contributed by atoms with Crippen LogP contribution in [0.15, 0.2) is 30.5 Å². The highest BCUT2D eigenvalue weighted by Gasteiger charge is 2.21. The number of imidazole rings is 1. The number of aromatic amines is 1. The molecule has 0 aliphatic rings. The number of rotatable bonds is 3. The molecule has 8 heteroatoms. The minimum atomic E-state index is -0.680. The molecule has 0 saturated heterocycles. The predicted molar refractivity (Wildman–Crippen MR) is 85.4 cm³/mol. The largest absolute Gasteiger partial charge is 0.366 e. The molecule has 122 valence electrons. The van der Waals surface area contributed by atoms with E-state index < -0.39 is 17.5 Å². The number of hydrogen-bond acceptors (Lipinski definition) is 3. The number of aromatic nitrogens is 3. The van der Waals surface area contributed by atoms with Gasteiger partial charge in [-0.2, -0.15) is 0 Å². The van der Waals surface area contributed by atoms with E-state index >= 15 is 0 Å². The number of pyridine rings is 1. The zero-order valence-electron chi connectivity index (χ0n) is 12.4. The van der Waals surface area contributed by atoms with E-state index in [1.54, 1.807) is 6.92 Å². The third-order valence-corrected chi connectivity index (χ3v) is 3.82. The van der Waals surface area contributed by atoms with E-state index in [-0.39, 0.29) is 27.8 Å². The van der Waals surface area contributed by atoms with E-state index in [2.05, 4.69) is 15.0 Å². The van der Waals surface area contributed by atoms with Crippen LogP contribution >= 0.6 is 11.6 Å². The Bertz CT molecular complexity index is 938. The molecule has 0 bridgehead atoms. The maximum Gasteiger partial charge on any atom is 0.248 e. The van der Waals surface area contributed by atoms with Crippen LogP contribution in [0.4, 0.5) is 8.78 Å². The summed E-state index contributed by atoms with van der Waals surface area (Å²) in [6.45, 7) is 1.55. The fourth-order valence-corrected chi connectivity index (χ4v) is 2.62. The molecule has 0 radical (unpaired) electrons. The van der Waals surface area contributed by atoms with Crippen LogP contribution in [-0.2, 0) is 0 Å². The van der Waals surface area contributed by atoms with Crippen molar-refractivity contribution in [2.75, 3.05) is 0 Å². The summed E-state index contributed by atoms with van der Waals surface area (Å²) in [5, 5.41) is 0.0692. The second kappa shape index (κ2) is 6.01. The number of carbonyl (C=O) groups is 1. The Morgan fingerprint density at radius 3 is 2.62 bits per heavy atom. The third-order valence-electron chi connectivity index (χ3n) is 3.55. The number of benzene rings is 1. The van der Waals surface area contributed by atoms with Gasteiger partial charge < -0.3 is 10.7 Å². The molecule has 3 rings (SSSR count). The van der Waals surface area contributed by atoms with Gasteiger partial charge in [-0.3, -0.25) is 4.79 Å². The first-order valence-corrected chi connectivity index (χ1v) is 7.23. The second-order valence-electron chi connectivity index (χ2n) is 5.07. The molecule has 0 fully saturated rings. The molecule has 0 aliphatic heterocycles. The topological polar surface area (TPSA) is 84.7 Å². The van der Waals surface area contributed by atoms with Crippen molar-refractivity contribution in [2.45, 2.75) is 6.92 Å². The SMILES string of the molecule is Cc1c(C(N)=O)ccc(F)c1-c1nc(-c2ccc(F)cn2)[nH]c1Cl. The van der Waals surface area contributed by atoms with Gasteiger partial charge in [0.15, 0.2) is 5.82 Å². The van der Waals surface area contributed by atoms with Crippen LogP contribution in [0.25, 0.3) is 22.8 Å². The summed E-state index contributed by atoms with van der Waals surface area (Å²) in [6.07, 6.45) is 1.03. The minimum Gasteiger partial charge on any atom is -0.366 e. The molecule has 1 aromatic carbocycles. The molecule has 0 unspecified atom stereocenters. The van der Waals surface area contributed by atoms with Gasteiger partial charge in [-0.1, -0.05) is 11.6 Å². The highest BCUT2D eigenvalue weighted by atomic mass is 35.5. The number of nitrogens with two attached hydrogens (primary N) is 1. The highest BCUT2D eigenvalue weighted by molar-refractivity contribution is 6.32. The lowest BCUT2D eigenvalue weighted by molar-refractivity contribution is 0.0999. The van der Waals surface area contributed by atoms with E-state index in [1.807, 2.05) is 0 Å². The quantitative estimate of drug-likeness (QED) is 0.760. The lowest BCUT2D eigenvalue weighted by atomic mass is 9.99. The van der Waals surface area contributed by atoms with Crippen molar-refractivity contribution in [3.63, 3.8) is 0 Å². The normalized spacial score (nSPS) is 10.8. The van der Waals surface area contributed by atoms with Crippen molar-refractivity contribution in [2.24, 2.45) is 5.73 Å². The van der Waals surface area contributed by atoms with Gasteiger partial charge in [-0.15, -0.1) is 0 Å². The maximum atomic E-state index is 14.3. The molecule has 1 amide bonds. The van der Waals surface area contributed by atoms with Crippen molar-refractivity contribution in [3.05, 3.63) is 58.4 Å². The van der Waals surface area contributed by atoms with Gasteiger partial charge >= 0.3 is 0 Å². The number of nitrogens with one attached hydrogen (secondary N) is 1. The fourth-order valence-electron chi connectivity index (χ4n) is 2.39. The van der Waals surface area contributed by atoms with Gasteiger partial charge in [0.2, 0.25) is 5.91 Å². The van der Waals surface area contributed by atoms with Crippen LogP contribution in [0.1, 0.15) is 15.9 Å². The Kier molecular flexibility index (Phi) is 4.02. The molecule has 5 nitrogen and oxygen atoms in total. The van der Waals surface area contributed by atoms with Gasteiger partial charge in [0, 0.05) is 11.1 Å². The average Bonchev–Trinajstić information content (AvgIpc) is 2.89. The fraction of sp³-hybridized carbons (Fsp3) is 0.0625. The summed E-state index contributed by atoms with van der Waals surface area (Å²) in [5.41, 5.74) is 6.33. The molecule has 2 heterocycles.